The molecule has 0 radical (unpaired) electrons. The SMILES string of the molecule is CS(=N)(=O)C1CC(C(=O)NCc2cc(C(=N)NC(=O)O)cs2)N(C(=O)CNC(=O)c2ccc(Oc3ccccc3)cc2)C1. The molecule has 0 spiro atoms. The van der Waals surface area contributed by atoms with E-state index >= 15 is 0 Å². The van der Waals surface area contributed by atoms with Crippen LogP contribution in [0.25, 0.3) is 0 Å². The van der Waals surface area contributed by atoms with Gasteiger partial charge in [-0.1, -0.05) is 18.2 Å². The summed E-state index contributed by atoms with van der Waals surface area (Å²) in [6.07, 6.45) is -0.0762. The molecule has 2 heterocycles. The number of carbonyl (C=O) groups is 4. The number of hydrogen-bond donors (Lipinski definition) is 6. The zero-order chi connectivity index (χ0) is 31.1. The Hall–Kier alpha value is -4.76. The van der Waals surface area contributed by atoms with Crippen LogP contribution in [0.2, 0.25) is 0 Å². The third-order valence-electron chi connectivity index (χ3n) is 6.63. The zero-order valence-corrected chi connectivity index (χ0v) is 24.6. The van der Waals surface area contributed by atoms with Crippen LogP contribution in [0.5, 0.6) is 11.5 Å². The van der Waals surface area contributed by atoms with E-state index in [-0.39, 0.29) is 25.3 Å². The topological polar surface area (TPSA) is 202 Å². The van der Waals surface area contributed by atoms with Crippen molar-refractivity contribution in [2.24, 2.45) is 0 Å². The quantitative estimate of drug-likeness (QED) is 0.147. The number of nitrogens with one attached hydrogen (secondary N) is 5. The van der Waals surface area contributed by atoms with Gasteiger partial charge in [0.1, 0.15) is 23.4 Å². The van der Waals surface area contributed by atoms with Crippen molar-refractivity contribution in [3.05, 3.63) is 82.0 Å². The van der Waals surface area contributed by atoms with Gasteiger partial charge in [0, 0.05) is 43.9 Å². The molecule has 4 rings (SSSR count). The monoisotopic (exact) mass is 626 g/mol. The molecule has 1 saturated heterocycles. The van der Waals surface area contributed by atoms with Gasteiger partial charge < -0.3 is 25.4 Å². The van der Waals surface area contributed by atoms with E-state index in [1.807, 2.05) is 23.5 Å². The van der Waals surface area contributed by atoms with Crippen molar-refractivity contribution >= 4 is 50.7 Å². The maximum atomic E-state index is 13.1. The molecule has 0 aliphatic carbocycles. The average Bonchev–Trinajstić information content (AvgIpc) is 3.63. The summed E-state index contributed by atoms with van der Waals surface area (Å²) in [6.45, 7) is -0.429. The van der Waals surface area contributed by atoms with Crippen LogP contribution >= 0.6 is 11.3 Å². The van der Waals surface area contributed by atoms with Gasteiger partial charge in [-0.15, -0.1) is 11.3 Å². The van der Waals surface area contributed by atoms with Gasteiger partial charge in [0.2, 0.25) is 11.8 Å². The Morgan fingerprint density at radius 2 is 1.72 bits per heavy atom. The molecule has 2 aromatic carbocycles. The smallest absolute Gasteiger partial charge is 0.410 e. The van der Waals surface area contributed by atoms with E-state index in [0.717, 1.165) is 0 Å². The van der Waals surface area contributed by atoms with Gasteiger partial charge in [-0.2, -0.15) is 0 Å². The van der Waals surface area contributed by atoms with Crippen molar-refractivity contribution < 1.29 is 33.2 Å². The summed E-state index contributed by atoms with van der Waals surface area (Å²) < 4.78 is 26.2. The van der Waals surface area contributed by atoms with Gasteiger partial charge in [0.25, 0.3) is 5.91 Å². The third kappa shape index (κ3) is 8.39. The van der Waals surface area contributed by atoms with Crippen LogP contribution < -0.4 is 20.7 Å². The van der Waals surface area contributed by atoms with Crippen molar-refractivity contribution in [3.63, 3.8) is 0 Å². The van der Waals surface area contributed by atoms with Crippen LogP contribution in [0, 0.1) is 10.2 Å². The highest BCUT2D eigenvalue weighted by Gasteiger charge is 2.42. The predicted octanol–water partition coefficient (Wildman–Crippen LogP) is 2.83. The first-order valence-electron chi connectivity index (χ1n) is 13.0. The van der Waals surface area contributed by atoms with E-state index in [2.05, 4.69) is 10.6 Å². The summed E-state index contributed by atoms with van der Waals surface area (Å²) in [5, 5.41) is 24.6. The molecular formula is C28H30N6O7S2. The summed E-state index contributed by atoms with van der Waals surface area (Å²) in [7, 11) is -3.07. The number of carboxylic acid groups (broad SMARTS) is 1. The van der Waals surface area contributed by atoms with Crippen LogP contribution in [0.3, 0.4) is 0 Å². The van der Waals surface area contributed by atoms with E-state index in [9.17, 15) is 23.4 Å². The second-order valence-electron chi connectivity index (χ2n) is 9.77. The number of likely N-dealkylation sites (tertiary alicyclic amines) is 1. The fourth-order valence-corrected chi connectivity index (χ4v) is 6.19. The molecule has 15 heteroatoms. The summed E-state index contributed by atoms with van der Waals surface area (Å²) >= 11 is 1.21. The second-order valence-corrected chi connectivity index (χ2v) is 13.2. The zero-order valence-electron chi connectivity index (χ0n) is 23.0. The number of benzene rings is 2. The standard InChI is InChI=1S/C28H30N6O7S2/c1-43(30,40)22-12-23(27(37)31-13-21-11-18(16-42-21)25(29)33-28(38)39)34(15-22)24(35)14-32-26(36)17-7-9-20(10-8-17)41-19-5-3-2-4-6-19/h2-11,16,22-23,30H,12-15H2,1H3,(H2,29,33)(H,31,37)(H,32,36)(H,38,39). The van der Waals surface area contributed by atoms with Crippen molar-refractivity contribution in [1.29, 1.82) is 10.2 Å². The van der Waals surface area contributed by atoms with Gasteiger partial charge in [-0.3, -0.25) is 29.9 Å². The Labute approximate surface area is 251 Å². The van der Waals surface area contributed by atoms with Crippen molar-refractivity contribution in [2.45, 2.75) is 24.3 Å². The highest BCUT2D eigenvalue weighted by molar-refractivity contribution is 7.92. The fourth-order valence-electron chi connectivity index (χ4n) is 4.38. The molecule has 3 atom stereocenters. The Morgan fingerprint density at radius 1 is 1.05 bits per heavy atom. The van der Waals surface area contributed by atoms with Gasteiger partial charge in [0.05, 0.1) is 18.3 Å². The molecule has 6 N–H and O–H groups in total. The maximum Gasteiger partial charge on any atom is 0.410 e. The number of carbonyl (C=O) groups excluding carboxylic acids is 3. The van der Waals surface area contributed by atoms with Gasteiger partial charge in [0.15, 0.2) is 0 Å². The van der Waals surface area contributed by atoms with Crippen molar-refractivity contribution in [2.75, 3.05) is 19.3 Å². The molecule has 3 unspecified atom stereocenters. The Kier molecular flexibility index (Phi) is 9.77. The van der Waals surface area contributed by atoms with E-state index in [0.29, 0.717) is 27.5 Å². The molecule has 1 fully saturated rings. The number of amides is 4. The highest BCUT2D eigenvalue weighted by atomic mass is 32.2. The van der Waals surface area contributed by atoms with E-state index < -0.39 is 51.4 Å². The van der Waals surface area contributed by atoms with Crippen LogP contribution in [-0.4, -0.2) is 74.5 Å². The molecule has 43 heavy (non-hydrogen) atoms. The number of amidine groups is 1. The first kappa shape index (κ1) is 31.2. The number of hydrogen-bond acceptors (Lipinski definition) is 9. The molecule has 13 nitrogen and oxygen atoms in total. The fraction of sp³-hybridized carbons (Fsp3) is 0.250. The summed E-state index contributed by atoms with van der Waals surface area (Å²) in [4.78, 5) is 51.6. The van der Waals surface area contributed by atoms with Crippen LogP contribution in [0.1, 0.15) is 27.2 Å². The lowest BCUT2D eigenvalue weighted by Crippen LogP contribution is -2.48. The predicted molar refractivity (Wildman–Crippen MR) is 160 cm³/mol. The first-order valence-corrected chi connectivity index (χ1v) is 15.9. The van der Waals surface area contributed by atoms with Gasteiger partial charge in [-0.25, -0.2) is 9.00 Å². The van der Waals surface area contributed by atoms with Gasteiger partial charge in [-0.05, 0) is 48.9 Å². The molecular weight excluding hydrogens is 596 g/mol. The Morgan fingerprint density at radius 3 is 2.37 bits per heavy atom. The number of nitrogens with zero attached hydrogens (tertiary/aromatic N) is 1. The van der Waals surface area contributed by atoms with Gasteiger partial charge >= 0.3 is 6.09 Å². The largest absolute Gasteiger partial charge is 0.465 e. The van der Waals surface area contributed by atoms with Crippen LogP contribution in [0.4, 0.5) is 4.79 Å². The normalized spacial score (nSPS) is 17.4. The molecule has 1 aromatic heterocycles. The minimum atomic E-state index is -3.07. The number of para-hydroxylation sites is 1. The Bertz CT molecular complexity index is 1620. The average molecular weight is 627 g/mol. The number of rotatable bonds is 10. The molecule has 3 aromatic rings. The lowest BCUT2D eigenvalue weighted by Gasteiger charge is -2.24. The van der Waals surface area contributed by atoms with E-state index in [4.69, 9.17) is 20.0 Å². The summed E-state index contributed by atoms with van der Waals surface area (Å²) in [5.41, 5.74) is 0.634. The van der Waals surface area contributed by atoms with Crippen molar-refractivity contribution in [3.8, 4) is 11.5 Å². The lowest BCUT2D eigenvalue weighted by molar-refractivity contribution is -0.137. The number of ether oxygens (including phenoxy) is 1. The minimum absolute atomic E-state index is 0.0239. The lowest BCUT2D eigenvalue weighted by atomic mass is 10.2. The summed E-state index contributed by atoms with van der Waals surface area (Å²) in [5.74, 6) is -0.715. The second kappa shape index (κ2) is 13.5. The van der Waals surface area contributed by atoms with E-state index in [1.54, 1.807) is 47.8 Å². The maximum absolute atomic E-state index is 13.1. The van der Waals surface area contributed by atoms with E-state index in [1.165, 1.54) is 22.5 Å². The number of thiophene rings is 1. The minimum Gasteiger partial charge on any atom is -0.465 e. The molecule has 1 aliphatic rings. The first-order chi connectivity index (χ1) is 20.4. The highest BCUT2D eigenvalue weighted by Crippen LogP contribution is 2.25. The summed E-state index contributed by atoms with van der Waals surface area (Å²) in [6, 6.07) is 16.1. The van der Waals surface area contributed by atoms with Crippen LogP contribution in [0.15, 0.2) is 66.0 Å². The van der Waals surface area contributed by atoms with Crippen LogP contribution in [-0.2, 0) is 25.9 Å². The van der Waals surface area contributed by atoms with Crippen molar-refractivity contribution in [1.82, 2.24) is 20.9 Å². The third-order valence-corrected chi connectivity index (χ3v) is 9.18. The molecule has 4 amide bonds. The molecule has 0 saturated carbocycles. The molecule has 226 valence electrons. The molecule has 1 aliphatic heterocycles. The molecule has 0 bridgehead atoms. The Balaban J connectivity index is 1.35.